The molecule has 2 aromatic carbocycles. The normalized spacial score (nSPS) is 11.5. The topological polar surface area (TPSA) is 121 Å². The van der Waals surface area contributed by atoms with Crippen LogP contribution in [0.2, 0.25) is 0 Å². The Labute approximate surface area is 179 Å². The summed E-state index contributed by atoms with van der Waals surface area (Å²) in [7, 11) is -0.525. The fourth-order valence-electron chi connectivity index (χ4n) is 3.15. The zero-order valence-electron chi connectivity index (χ0n) is 16.9. The van der Waals surface area contributed by atoms with Gasteiger partial charge in [-0.15, -0.1) is 5.10 Å². The van der Waals surface area contributed by atoms with Gasteiger partial charge in [-0.25, -0.2) is 23.1 Å². The van der Waals surface area contributed by atoms with Crippen LogP contribution in [0.1, 0.15) is 5.56 Å². The van der Waals surface area contributed by atoms with Crippen molar-refractivity contribution in [2.75, 3.05) is 19.5 Å². The maximum absolute atomic E-state index is 11.4. The molecule has 4 rings (SSSR count). The smallest absolute Gasteiger partial charge is 0.238 e. The van der Waals surface area contributed by atoms with Crippen molar-refractivity contribution in [1.29, 1.82) is 0 Å². The van der Waals surface area contributed by atoms with Crippen molar-refractivity contribution in [3.05, 3.63) is 66.4 Å². The summed E-state index contributed by atoms with van der Waals surface area (Å²) < 4.78 is 35.2. The van der Waals surface area contributed by atoms with E-state index in [9.17, 15) is 8.42 Å². The minimum absolute atomic E-state index is 0.0776. The molecule has 0 aliphatic carbocycles. The second kappa shape index (κ2) is 8.25. The summed E-state index contributed by atoms with van der Waals surface area (Å²) in [6, 6.07) is 15.7. The number of sulfonamides is 1. The third kappa shape index (κ3) is 4.30. The van der Waals surface area contributed by atoms with Crippen molar-refractivity contribution in [3.63, 3.8) is 0 Å². The van der Waals surface area contributed by atoms with Gasteiger partial charge in [-0.2, -0.15) is 0 Å². The minimum Gasteiger partial charge on any atom is -0.493 e. The highest BCUT2D eigenvalue weighted by Crippen LogP contribution is 2.32. The van der Waals surface area contributed by atoms with E-state index in [1.165, 1.54) is 12.1 Å². The van der Waals surface area contributed by atoms with Crippen molar-refractivity contribution in [2.45, 2.75) is 11.4 Å². The number of ether oxygens (including phenoxy) is 2. The molecule has 0 unspecified atom stereocenters. The number of benzene rings is 2. The Hall–Kier alpha value is -3.63. The van der Waals surface area contributed by atoms with E-state index in [1.54, 1.807) is 37.1 Å². The minimum atomic E-state index is -3.71. The van der Waals surface area contributed by atoms with Crippen LogP contribution in [0, 0.1) is 0 Å². The number of anilines is 1. The van der Waals surface area contributed by atoms with Crippen LogP contribution in [0.4, 0.5) is 5.82 Å². The van der Waals surface area contributed by atoms with E-state index in [-0.39, 0.29) is 4.90 Å². The fourth-order valence-corrected chi connectivity index (χ4v) is 3.67. The summed E-state index contributed by atoms with van der Waals surface area (Å²) in [5.41, 5.74) is 3.28. The number of primary sulfonamides is 1. The highest BCUT2D eigenvalue weighted by atomic mass is 32.2. The molecule has 2 heterocycles. The first-order valence-corrected chi connectivity index (χ1v) is 10.9. The third-order valence-electron chi connectivity index (χ3n) is 4.77. The predicted octanol–water partition coefficient (Wildman–Crippen LogP) is 2.67. The summed E-state index contributed by atoms with van der Waals surface area (Å²) in [5, 5.41) is 13.0. The van der Waals surface area contributed by atoms with Gasteiger partial charge in [0, 0.05) is 12.1 Å². The Bertz CT molecular complexity index is 1330. The highest BCUT2D eigenvalue weighted by molar-refractivity contribution is 7.89. The van der Waals surface area contributed by atoms with E-state index in [0.29, 0.717) is 29.5 Å². The molecule has 0 saturated carbocycles. The zero-order valence-corrected chi connectivity index (χ0v) is 17.8. The summed E-state index contributed by atoms with van der Waals surface area (Å²) in [6.45, 7) is 0.462. The van der Waals surface area contributed by atoms with Crippen molar-refractivity contribution < 1.29 is 17.9 Å². The SMILES string of the molecule is COc1ccc(-c2cnc3ccc(NCc4ccc(S(N)(=O)=O)cc4)nn23)cc1OC. The zero-order chi connectivity index (χ0) is 22.0. The quantitative estimate of drug-likeness (QED) is 0.454. The van der Waals surface area contributed by atoms with Crippen molar-refractivity contribution in [2.24, 2.45) is 5.14 Å². The molecular weight excluding hydrogens is 418 g/mol. The van der Waals surface area contributed by atoms with Crippen molar-refractivity contribution in [1.82, 2.24) is 14.6 Å². The molecule has 160 valence electrons. The van der Waals surface area contributed by atoms with Gasteiger partial charge in [0.25, 0.3) is 0 Å². The number of rotatable bonds is 7. The van der Waals surface area contributed by atoms with E-state index in [2.05, 4.69) is 15.4 Å². The van der Waals surface area contributed by atoms with Crippen LogP contribution < -0.4 is 19.9 Å². The number of fused-ring (bicyclic) bond motifs is 1. The number of methoxy groups -OCH3 is 2. The first-order chi connectivity index (χ1) is 14.9. The molecular formula is C21H21N5O4S. The van der Waals surface area contributed by atoms with Gasteiger partial charge in [-0.05, 0) is 48.0 Å². The van der Waals surface area contributed by atoms with Gasteiger partial charge in [-0.3, -0.25) is 0 Å². The second-order valence-electron chi connectivity index (χ2n) is 6.74. The third-order valence-corrected chi connectivity index (χ3v) is 5.70. The van der Waals surface area contributed by atoms with Gasteiger partial charge in [0.1, 0.15) is 5.82 Å². The summed E-state index contributed by atoms with van der Waals surface area (Å²) in [5.74, 6) is 1.90. The molecule has 9 nitrogen and oxygen atoms in total. The first kappa shape index (κ1) is 20.6. The second-order valence-corrected chi connectivity index (χ2v) is 8.31. The molecule has 0 aliphatic heterocycles. The Kier molecular flexibility index (Phi) is 5.49. The lowest BCUT2D eigenvalue weighted by Crippen LogP contribution is -2.12. The van der Waals surface area contributed by atoms with Gasteiger partial charge in [0.2, 0.25) is 10.0 Å². The van der Waals surface area contributed by atoms with Gasteiger partial charge < -0.3 is 14.8 Å². The van der Waals surface area contributed by atoms with Crippen LogP contribution in [-0.4, -0.2) is 37.2 Å². The van der Waals surface area contributed by atoms with Crippen LogP contribution in [0.5, 0.6) is 11.5 Å². The Morgan fingerprint density at radius 2 is 1.74 bits per heavy atom. The molecule has 0 fully saturated rings. The van der Waals surface area contributed by atoms with E-state index < -0.39 is 10.0 Å². The lowest BCUT2D eigenvalue weighted by molar-refractivity contribution is 0.355. The molecule has 4 aromatic rings. The van der Waals surface area contributed by atoms with E-state index in [1.807, 2.05) is 30.3 Å². The largest absolute Gasteiger partial charge is 0.493 e. The Balaban J connectivity index is 1.59. The van der Waals surface area contributed by atoms with Crippen LogP contribution in [0.3, 0.4) is 0 Å². The predicted molar refractivity (Wildman–Crippen MR) is 117 cm³/mol. The summed E-state index contributed by atoms with van der Waals surface area (Å²) in [6.07, 6.45) is 1.75. The molecule has 2 aromatic heterocycles. The average Bonchev–Trinajstić information content (AvgIpc) is 3.20. The molecule has 10 heteroatoms. The van der Waals surface area contributed by atoms with Crippen LogP contribution in [-0.2, 0) is 16.6 Å². The summed E-state index contributed by atoms with van der Waals surface area (Å²) >= 11 is 0. The fraction of sp³-hybridized carbons (Fsp3) is 0.143. The van der Waals surface area contributed by atoms with E-state index >= 15 is 0 Å². The molecule has 31 heavy (non-hydrogen) atoms. The molecule has 0 amide bonds. The van der Waals surface area contributed by atoms with Gasteiger partial charge in [0.15, 0.2) is 17.1 Å². The molecule has 0 saturated heterocycles. The maximum Gasteiger partial charge on any atom is 0.238 e. The Morgan fingerprint density at radius 1 is 1.00 bits per heavy atom. The first-order valence-electron chi connectivity index (χ1n) is 9.32. The number of nitrogens with two attached hydrogens (primary N) is 1. The standard InChI is InChI=1S/C21H21N5O4S/c1-29-18-8-5-15(11-19(18)30-2)17-13-24-21-10-9-20(25-26(17)21)23-12-14-3-6-16(7-4-14)31(22,27)28/h3-11,13H,12H2,1-2H3,(H,23,25)(H2,22,27,28). The summed E-state index contributed by atoms with van der Waals surface area (Å²) in [4.78, 5) is 4.49. The Morgan fingerprint density at radius 3 is 2.42 bits per heavy atom. The van der Waals surface area contributed by atoms with E-state index in [4.69, 9.17) is 14.6 Å². The highest BCUT2D eigenvalue weighted by Gasteiger charge is 2.12. The van der Waals surface area contributed by atoms with Crippen molar-refractivity contribution >= 4 is 21.5 Å². The van der Waals surface area contributed by atoms with Crippen LogP contribution in [0.25, 0.3) is 16.9 Å². The molecule has 3 N–H and O–H groups in total. The number of aromatic nitrogens is 3. The molecule has 0 radical (unpaired) electrons. The average molecular weight is 439 g/mol. The number of hydrogen-bond acceptors (Lipinski definition) is 7. The lowest BCUT2D eigenvalue weighted by atomic mass is 10.1. The van der Waals surface area contributed by atoms with E-state index in [0.717, 1.165) is 16.8 Å². The van der Waals surface area contributed by atoms with Crippen LogP contribution >= 0.6 is 0 Å². The number of hydrogen-bond donors (Lipinski definition) is 2. The van der Waals surface area contributed by atoms with Gasteiger partial charge in [0.05, 0.1) is 31.0 Å². The van der Waals surface area contributed by atoms with Gasteiger partial charge >= 0.3 is 0 Å². The van der Waals surface area contributed by atoms with Crippen molar-refractivity contribution in [3.8, 4) is 22.8 Å². The monoisotopic (exact) mass is 439 g/mol. The number of imidazole rings is 1. The number of nitrogens with one attached hydrogen (secondary N) is 1. The van der Waals surface area contributed by atoms with Gasteiger partial charge in [-0.1, -0.05) is 12.1 Å². The molecule has 0 atom stereocenters. The molecule has 0 bridgehead atoms. The molecule has 0 aliphatic rings. The van der Waals surface area contributed by atoms with Crippen LogP contribution in [0.15, 0.2) is 65.7 Å². The lowest BCUT2D eigenvalue weighted by Gasteiger charge is -2.10. The maximum atomic E-state index is 11.4. The molecule has 0 spiro atoms. The number of nitrogens with zero attached hydrogens (tertiary/aromatic N) is 3.